The van der Waals surface area contributed by atoms with Crippen molar-refractivity contribution in [2.24, 2.45) is 5.92 Å². The van der Waals surface area contributed by atoms with Crippen molar-refractivity contribution in [3.8, 4) is 0 Å². The average molecular weight is 397 g/mol. The van der Waals surface area contributed by atoms with Crippen LogP contribution in [0.25, 0.3) is 0 Å². The van der Waals surface area contributed by atoms with Crippen molar-refractivity contribution in [3.05, 3.63) is 58.6 Å². The number of carbonyl (C=O) groups excluding carboxylic acids is 3. The third-order valence-corrected chi connectivity index (χ3v) is 5.54. The Hall–Kier alpha value is -2.66. The Balaban J connectivity index is 1.37. The summed E-state index contributed by atoms with van der Waals surface area (Å²) in [6.45, 7) is 0.703. The Morgan fingerprint density at radius 3 is 2.61 bits per heavy atom. The number of rotatable bonds is 6. The Bertz CT molecular complexity index is 953. The Labute approximate surface area is 168 Å². The van der Waals surface area contributed by atoms with E-state index in [-0.39, 0.29) is 36.4 Å². The minimum absolute atomic E-state index is 0.0753. The molecule has 0 spiro atoms. The monoisotopic (exact) mass is 396 g/mol. The van der Waals surface area contributed by atoms with E-state index in [4.69, 9.17) is 11.6 Å². The van der Waals surface area contributed by atoms with Gasteiger partial charge in [-0.05, 0) is 49.1 Å². The van der Waals surface area contributed by atoms with Crippen molar-refractivity contribution >= 4 is 40.6 Å². The molecule has 1 aliphatic carbocycles. The highest BCUT2D eigenvalue weighted by atomic mass is 35.5. The van der Waals surface area contributed by atoms with Crippen LogP contribution in [0.4, 0.5) is 11.4 Å². The molecule has 1 aliphatic heterocycles. The molecule has 0 saturated heterocycles. The highest BCUT2D eigenvalue weighted by Crippen LogP contribution is 2.37. The number of nitrogens with zero attached hydrogens (tertiary/aromatic N) is 1. The van der Waals surface area contributed by atoms with E-state index in [2.05, 4.69) is 5.32 Å². The van der Waals surface area contributed by atoms with Gasteiger partial charge in [-0.25, -0.2) is 0 Å². The van der Waals surface area contributed by atoms with E-state index >= 15 is 0 Å². The predicted molar refractivity (Wildman–Crippen MR) is 109 cm³/mol. The first kappa shape index (κ1) is 18.7. The molecule has 0 radical (unpaired) electrons. The SMILES string of the molecule is O=C(CCC(=O)c1ccccc1Cl)Nc1ccc2c(c1)N(C(=O)C1CC1)CC2. The van der Waals surface area contributed by atoms with E-state index in [9.17, 15) is 14.4 Å². The molecule has 28 heavy (non-hydrogen) atoms. The molecule has 2 amide bonds. The molecule has 0 atom stereocenters. The van der Waals surface area contributed by atoms with E-state index < -0.39 is 0 Å². The lowest BCUT2D eigenvalue weighted by Crippen LogP contribution is -2.30. The number of fused-ring (bicyclic) bond motifs is 1. The van der Waals surface area contributed by atoms with Crippen LogP contribution in [0.3, 0.4) is 0 Å². The zero-order valence-electron chi connectivity index (χ0n) is 15.4. The number of ketones is 1. The predicted octanol–water partition coefficient (Wildman–Crippen LogP) is 4.24. The average Bonchev–Trinajstić information content (AvgIpc) is 3.46. The van der Waals surface area contributed by atoms with Crippen LogP contribution in [0.5, 0.6) is 0 Å². The molecule has 0 aromatic heterocycles. The number of hydrogen-bond donors (Lipinski definition) is 1. The number of halogens is 1. The number of hydrogen-bond acceptors (Lipinski definition) is 3. The largest absolute Gasteiger partial charge is 0.326 e. The number of amides is 2. The Kier molecular flexibility index (Phi) is 5.18. The van der Waals surface area contributed by atoms with Gasteiger partial charge in [0, 0.05) is 42.2 Å². The van der Waals surface area contributed by atoms with Crippen molar-refractivity contribution in [1.29, 1.82) is 0 Å². The van der Waals surface area contributed by atoms with E-state index in [0.717, 1.165) is 30.5 Å². The van der Waals surface area contributed by atoms with Crippen LogP contribution in [0.1, 0.15) is 41.6 Å². The topological polar surface area (TPSA) is 66.5 Å². The van der Waals surface area contributed by atoms with Gasteiger partial charge in [0.25, 0.3) is 0 Å². The fraction of sp³-hybridized carbons (Fsp3) is 0.318. The fourth-order valence-electron chi connectivity index (χ4n) is 3.51. The molecule has 1 fully saturated rings. The Morgan fingerprint density at radius 1 is 1.07 bits per heavy atom. The number of carbonyl (C=O) groups is 3. The molecule has 0 bridgehead atoms. The molecule has 1 N–H and O–H groups in total. The molecule has 6 heteroatoms. The van der Waals surface area contributed by atoms with Crippen molar-refractivity contribution in [2.75, 3.05) is 16.8 Å². The number of Topliss-reactive ketones (excluding diaryl/α,β-unsaturated/α-hetero) is 1. The van der Waals surface area contributed by atoms with Crippen LogP contribution in [-0.2, 0) is 16.0 Å². The summed E-state index contributed by atoms with van der Waals surface area (Å²) in [5.41, 5.74) is 3.09. The lowest BCUT2D eigenvalue weighted by atomic mass is 10.1. The van der Waals surface area contributed by atoms with Gasteiger partial charge in [0.2, 0.25) is 11.8 Å². The molecule has 144 valence electrons. The first-order valence-corrected chi connectivity index (χ1v) is 9.92. The summed E-state index contributed by atoms with van der Waals surface area (Å²) < 4.78 is 0. The highest BCUT2D eigenvalue weighted by molar-refractivity contribution is 6.34. The van der Waals surface area contributed by atoms with Crippen LogP contribution in [0.2, 0.25) is 5.02 Å². The summed E-state index contributed by atoms with van der Waals surface area (Å²) >= 11 is 6.03. The zero-order valence-corrected chi connectivity index (χ0v) is 16.2. The van der Waals surface area contributed by atoms with E-state index in [0.29, 0.717) is 22.8 Å². The lowest BCUT2D eigenvalue weighted by molar-refractivity contribution is -0.119. The normalized spacial score (nSPS) is 15.2. The van der Waals surface area contributed by atoms with Crippen LogP contribution < -0.4 is 10.2 Å². The van der Waals surface area contributed by atoms with Crippen molar-refractivity contribution in [1.82, 2.24) is 0 Å². The summed E-state index contributed by atoms with van der Waals surface area (Å²) in [5, 5.41) is 3.23. The minimum atomic E-state index is -0.238. The standard InChI is InChI=1S/C22H21ClN2O3/c23-18-4-2-1-3-17(18)20(26)9-10-21(27)24-16-8-7-14-11-12-25(19(14)13-16)22(28)15-5-6-15/h1-4,7-8,13,15H,5-6,9-12H2,(H,24,27). The summed E-state index contributed by atoms with van der Waals surface area (Å²) in [6.07, 6.45) is 2.95. The Morgan fingerprint density at radius 2 is 1.86 bits per heavy atom. The maximum atomic E-state index is 12.4. The van der Waals surface area contributed by atoms with Gasteiger partial charge in [0.05, 0.1) is 5.02 Å². The van der Waals surface area contributed by atoms with Crippen LogP contribution >= 0.6 is 11.6 Å². The van der Waals surface area contributed by atoms with Gasteiger partial charge in [-0.3, -0.25) is 14.4 Å². The van der Waals surface area contributed by atoms with E-state index in [1.165, 1.54) is 0 Å². The number of benzene rings is 2. The first-order valence-electron chi connectivity index (χ1n) is 9.55. The second-order valence-corrected chi connectivity index (χ2v) is 7.72. The molecule has 2 aliphatic rings. The molecular formula is C22H21ClN2O3. The van der Waals surface area contributed by atoms with Gasteiger partial charge < -0.3 is 10.2 Å². The second kappa shape index (κ2) is 7.76. The minimum Gasteiger partial charge on any atom is -0.326 e. The fourth-order valence-corrected chi connectivity index (χ4v) is 3.75. The number of nitrogens with one attached hydrogen (secondary N) is 1. The second-order valence-electron chi connectivity index (χ2n) is 7.31. The van der Waals surface area contributed by atoms with Gasteiger partial charge in [0.1, 0.15) is 0 Å². The van der Waals surface area contributed by atoms with Gasteiger partial charge in [-0.15, -0.1) is 0 Å². The molecule has 5 nitrogen and oxygen atoms in total. The van der Waals surface area contributed by atoms with Crippen LogP contribution in [0.15, 0.2) is 42.5 Å². The number of anilines is 2. The van der Waals surface area contributed by atoms with Gasteiger partial charge in [-0.2, -0.15) is 0 Å². The van der Waals surface area contributed by atoms with Crippen molar-refractivity contribution < 1.29 is 14.4 Å². The van der Waals surface area contributed by atoms with Crippen molar-refractivity contribution in [2.45, 2.75) is 32.1 Å². The van der Waals surface area contributed by atoms with E-state index in [1.807, 2.05) is 23.1 Å². The van der Waals surface area contributed by atoms with Gasteiger partial charge >= 0.3 is 0 Å². The lowest BCUT2D eigenvalue weighted by Gasteiger charge is -2.18. The molecule has 1 heterocycles. The van der Waals surface area contributed by atoms with Gasteiger partial charge in [0.15, 0.2) is 5.78 Å². The summed E-state index contributed by atoms with van der Waals surface area (Å²) in [4.78, 5) is 38.8. The maximum Gasteiger partial charge on any atom is 0.230 e. The maximum absolute atomic E-state index is 12.4. The van der Waals surface area contributed by atoms with Crippen molar-refractivity contribution in [3.63, 3.8) is 0 Å². The third-order valence-electron chi connectivity index (χ3n) is 5.21. The third kappa shape index (κ3) is 3.94. The molecule has 1 saturated carbocycles. The quantitative estimate of drug-likeness (QED) is 0.742. The zero-order chi connectivity index (χ0) is 19.7. The summed E-state index contributed by atoms with van der Waals surface area (Å²) in [5.74, 6) is -0.0399. The molecular weight excluding hydrogens is 376 g/mol. The van der Waals surface area contributed by atoms with Gasteiger partial charge in [-0.1, -0.05) is 29.8 Å². The summed E-state index contributed by atoms with van der Waals surface area (Å²) in [7, 11) is 0. The molecule has 2 aromatic rings. The molecule has 4 rings (SSSR count). The highest BCUT2D eigenvalue weighted by Gasteiger charge is 2.36. The first-order chi connectivity index (χ1) is 13.5. The summed E-state index contributed by atoms with van der Waals surface area (Å²) in [6, 6.07) is 12.5. The van der Waals surface area contributed by atoms with E-state index in [1.54, 1.807) is 24.3 Å². The molecule has 0 unspecified atom stereocenters. The molecule has 2 aromatic carbocycles. The van der Waals surface area contributed by atoms with Crippen LogP contribution in [-0.4, -0.2) is 24.1 Å². The smallest absolute Gasteiger partial charge is 0.230 e. The van der Waals surface area contributed by atoms with Crippen LogP contribution in [0, 0.1) is 5.92 Å².